The topological polar surface area (TPSA) is 63.3 Å². The van der Waals surface area contributed by atoms with Gasteiger partial charge in [-0.05, 0) is 19.3 Å². The molecular formula is C6H11NO2S. The van der Waals surface area contributed by atoms with Crippen molar-refractivity contribution in [2.75, 3.05) is 0 Å². The van der Waals surface area contributed by atoms with E-state index < -0.39 is 11.5 Å². The first-order valence-electron chi connectivity index (χ1n) is 3.25. The maximum absolute atomic E-state index is 10.5. The summed E-state index contributed by atoms with van der Waals surface area (Å²) in [4.78, 5) is 10.5. The average Bonchev–Trinajstić information content (AvgIpc) is 2.13. The van der Waals surface area contributed by atoms with Gasteiger partial charge in [-0.15, -0.1) is 0 Å². The number of carbonyl (C=O) groups is 1. The molecule has 3 nitrogen and oxygen atoms in total. The molecule has 4 heteroatoms. The molecule has 0 aromatic carbocycles. The number of hydrogen-bond acceptors (Lipinski definition) is 3. The van der Waals surface area contributed by atoms with Crippen LogP contribution in [0.1, 0.15) is 19.3 Å². The Hall–Kier alpha value is -0.220. The van der Waals surface area contributed by atoms with Gasteiger partial charge in [0, 0.05) is 5.25 Å². The number of hydrogen-bond donors (Lipinski definition) is 3. The first-order valence-corrected chi connectivity index (χ1v) is 3.76. The highest BCUT2D eigenvalue weighted by Crippen LogP contribution is 2.30. The molecule has 10 heavy (non-hydrogen) atoms. The summed E-state index contributed by atoms with van der Waals surface area (Å²) >= 11 is 4.16. The minimum atomic E-state index is -0.994. The Kier molecular flexibility index (Phi) is 1.92. The smallest absolute Gasteiger partial charge is 0.323 e. The molecule has 1 fully saturated rings. The second-order valence-electron chi connectivity index (χ2n) is 2.86. The fourth-order valence-electron chi connectivity index (χ4n) is 1.24. The van der Waals surface area contributed by atoms with Crippen LogP contribution in [-0.4, -0.2) is 21.9 Å². The molecule has 0 aromatic heterocycles. The van der Waals surface area contributed by atoms with Crippen LogP contribution < -0.4 is 5.73 Å². The Balaban J connectivity index is 2.63. The lowest BCUT2D eigenvalue weighted by Crippen LogP contribution is -2.45. The number of carboxylic acids is 1. The van der Waals surface area contributed by atoms with Gasteiger partial charge in [0.2, 0.25) is 0 Å². The summed E-state index contributed by atoms with van der Waals surface area (Å²) in [5.74, 6) is -0.899. The van der Waals surface area contributed by atoms with Crippen LogP contribution in [0.15, 0.2) is 0 Å². The normalized spacial score (nSPS) is 40.0. The standard InChI is InChI=1S/C6H11NO2S/c7-6(5(8)9)2-1-4(10)3-6/h4,10H,1-3,7H2,(H,8,9). The van der Waals surface area contributed by atoms with E-state index in [-0.39, 0.29) is 5.25 Å². The number of carboxylic acid groups (broad SMARTS) is 1. The van der Waals surface area contributed by atoms with Crippen LogP contribution in [0.5, 0.6) is 0 Å². The van der Waals surface area contributed by atoms with E-state index in [2.05, 4.69) is 12.6 Å². The van der Waals surface area contributed by atoms with E-state index in [0.29, 0.717) is 12.8 Å². The van der Waals surface area contributed by atoms with Crippen molar-refractivity contribution in [3.63, 3.8) is 0 Å². The van der Waals surface area contributed by atoms with E-state index in [1.54, 1.807) is 0 Å². The molecule has 1 aliphatic carbocycles. The number of aliphatic carboxylic acids is 1. The van der Waals surface area contributed by atoms with E-state index >= 15 is 0 Å². The SMILES string of the molecule is NC1(C(=O)O)CCC(S)C1. The van der Waals surface area contributed by atoms with Crippen LogP contribution in [0.4, 0.5) is 0 Å². The van der Waals surface area contributed by atoms with Gasteiger partial charge in [-0.25, -0.2) is 0 Å². The van der Waals surface area contributed by atoms with Gasteiger partial charge < -0.3 is 10.8 Å². The monoisotopic (exact) mass is 161 g/mol. The molecule has 0 aliphatic heterocycles. The first kappa shape index (κ1) is 7.88. The first-order chi connectivity index (χ1) is 4.54. The molecule has 1 rings (SSSR count). The van der Waals surface area contributed by atoms with E-state index in [1.807, 2.05) is 0 Å². The van der Waals surface area contributed by atoms with Crippen LogP contribution in [0, 0.1) is 0 Å². The Morgan fingerprint density at radius 3 is 2.60 bits per heavy atom. The number of rotatable bonds is 1. The van der Waals surface area contributed by atoms with E-state index in [4.69, 9.17) is 10.8 Å². The lowest BCUT2D eigenvalue weighted by atomic mass is 10.0. The Morgan fingerprint density at radius 2 is 2.40 bits per heavy atom. The Labute approximate surface area is 65.0 Å². The summed E-state index contributed by atoms with van der Waals surface area (Å²) in [6, 6.07) is 0. The second kappa shape index (κ2) is 2.43. The van der Waals surface area contributed by atoms with Crippen molar-refractivity contribution in [2.45, 2.75) is 30.1 Å². The highest BCUT2D eigenvalue weighted by molar-refractivity contribution is 7.81. The molecule has 0 aromatic rings. The summed E-state index contributed by atoms with van der Waals surface area (Å²) in [7, 11) is 0. The van der Waals surface area contributed by atoms with Gasteiger partial charge in [0.25, 0.3) is 0 Å². The molecule has 0 bridgehead atoms. The van der Waals surface area contributed by atoms with E-state index in [9.17, 15) is 4.79 Å². The van der Waals surface area contributed by atoms with Crippen molar-refractivity contribution in [1.82, 2.24) is 0 Å². The summed E-state index contributed by atoms with van der Waals surface area (Å²) in [5.41, 5.74) is 4.55. The Bertz CT molecular complexity index is 162. The molecule has 1 saturated carbocycles. The molecule has 0 radical (unpaired) electrons. The fraction of sp³-hybridized carbons (Fsp3) is 0.833. The molecule has 0 saturated heterocycles. The van der Waals surface area contributed by atoms with Gasteiger partial charge in [0.1, 0.15) is 5.54 Å². The van der Waals surface area contributed by atoms with Crippen LogP contribution in [0.25, 0.3) is 0 Å². The number of nitrogens with two attached hydrogens (primary N) is 1. The summed E-state index contributed by atoms with van der Waals surface area (Å²) in [6.45, 7) is 0. The molecule has 58 valence electrons. The third kappa shape index (κ3) is 1.27. The third-order valence-electron chi connectivity index (χ3n) is 1.95. The molecule has 1 aliphatic rings. The van der Waals surface area contributed by atoms with Crippen LogP contribution in [0.2, 0.25) is 0 Å². The predicted octanol–water partition coefficient (Wildman–Crippen LogP) is 0.251. The maximum Gasteiger partial charge on any atom is 0.323 e. The fourth-order valence-corrected chi connectivity index (χ4v) is 1.70. The zero-order chi connectivity index (χ0) is 7.78. The van der Waals surface area contributed by atoms with E-state index in [1.165, 1.54) is 0 Å². The zero-order valence-electron chi connectivity index (χ0n) is 5.58. The molecule has 3 N–H and O–H groups in total. The summed E-state index contributed by atoms with van der Waals surface area (Å²) < 4.78 is 0. The van der Waals surface area contributed by atoms with Gasteiger partial charge in [-0.3, -0.25) is 4.79 Å². The molecule has 2 unspecified atom stereocenters. The van der Waals surface area contributed by atoms with Crippen molar-refractivity contribution >= 4 is 18.6 Å². The van der Waals surface area contributed by atoms with Crippen molar-refractivity contribution in [3.05, 3.63) is 0 Å². The highest BCUT2D eigenvalue weighted by atomic mass is 32.1. The van der Waals surface area contributed by atoms with Crippen molar-refractivity contribution in [1.29, 1.82) is 0 Å². The summed E-state index contributed by atoms with van der Waals surface area (Å²) in [6.07, 6.45) is 1.86. The summed E-state index contributed by atoms with van der Waals surface area (Å²) in [5, 5.41) is 8.80. The Morgan fingerprint density at radius 1 is 1.80 bits per heavy atom. The third-order valence-corrected chi connectivity index (χ3v) is 2.39. The minimum absolute atomic E-state index is 0.168. The van der Waals surface area contributed by atoms with E-state index in [0.717, 1.165) is 6.42 Å². The number of thiol groups is 1. The van der Waals surface area contributed by atoms with Gasteiger partial charge in [0.05, 0.1) is 0 Å². The van der Waals surface area contributed by atoms with Crippen molar-refractivity contribution < 1.29 is 9.90 Å². The minimum Gasteiger partial charge on any atom is -0.480 e. The highest BCUT2D eigenvalue weighted by Gasteiger charge is 2.40. The molecule has 0 spiro atoms. The molecular weight excluding hydrogens is 150 g/mol. The van der Waals surface area contributed by atoms with Gasteiger partial charge >= 0.3 is 5.97 Å². The molecule has 0 heterocycles. The van der Waals surface area contributed by atoms with Gasteiger partial charge in [0.15, 0.2) is 0 Å². The molecule has 2 atom stereocenters. The van der Waals surface area contributed by atoms with Gasteiger partial charge in [-0.2, -0.15) is 12.6 Å². The predicted molar refractivity (Wildman–Crippen MR) is 41.2 cm³/mol. The van der Waals surface area contributed by atoms with Crippen molar-refractivity contribution in [2.24, 2.45) is 5.73 Å². The van der Waals surface area contributed by atoms with Crippen LogP contribution in [-0.2, 0) is 4.79 Å². The lowest BCUT2D eigenvalue weighted by Gasteiger charge is -2.16. The quantitative estimate of drug-likeness (QED) is 0.483. The second-order valence-corrected chi connectivity index (χ2v) is 3.59. The molecule has 0 amide bonds. The van der Waals surface area contributed by atoms with Gasteiger partial charge in [-0.1, -0.05) is 0 Å². The lowest BCUT2D eigenvalue weighted by molar-refractivity contribution is -0.143. The average molecular weight is 161 g/mol. The van der Waals surface area contributed by atoms with Crippen molar-refractivity contribution in [3.8, 4) is 0 Å². The maximum atomic E-state index is 10.5. The van der Waals surface area contributed by atoms with Crippen LogP contribution in [0.3, 0.4) is 0 Å². The largest absolute Gasteiger partial charge is 0.480 e. The van der Waals surface area contributed by atoms with Crippen LogP contribution >= 0.6 is 12.6 Å². The zero-order valence-corrected chi connectivity index (χ0v) is 6.47.